The van der Waals surface area contributed by atoms with Gasteiger partial charge < -0.3 is 0 Å². The third-order valence-electron chi connectivity index (χ3n) is 9.16. The maximum atomic E-state index is 3.02. The zero-order valence-corrected chi connectivity index (χ0v) is 21.4. The van der Waals surface area contributed by atoms with Crippen molar-refractivity contribution in [1.29, 1.82) is 0 Å². The van der Waals surface area contributed by atoms with Gasteiger partial charge in [-0.25, -0.2) is 0 Å². The highest BCUT2D eigenvalue weighted by molar-refractivity contribution is 7.99. The van der Waals surface area contributed by atoms with Crippen LogP contribution in [0.1, 0.15) is 128 Å². The summed E-state index contributed by atoms with van der Waals surface area (Å²) in [6.07, 6.45) is 29.7. The van der Waals surface area contributed by atoms with E-state index in [0.29, 0.717) is 0 Å². The molecule has 0 N–H and O–H groups in total. The third kappa shape index (κ3) is 7.64. The van der Waals surface area contributed by atoms with Crippen LogP contribution in [0.4, 0.5) is 0 Å². The molecular formula is C28H52N2S. The molecule has 0 bridgehead atoms. The molecule has 0 atom stereocenters. The quantitative estimate of drug-likeness (QED) is 0.317. The maximum Gasteiger partial charge on any atom is 0.00985 e. The number of hydrogen-bond acceptors (Lipinski definition) is 3. The van der Waals surface area contributed by atoms with Gasteiger partial charge >= 0.3 is 0 Å². The van der Waals surface area contributed by atoms with Crippen LogP contribution in [0, 0.1) is 0 Å². The van der Waals surface area contributed by atoms with Gasteiger partial charge in [0.1, 0.15) is 0 Å². The van der Waals surface area contributed by atoms with E-state index in [-0.39, 0.29) is 0 Å². The van der Waals surface area contributed by atoms with E-state index in [9.17, 15) is 0 Å². The minimum Gasteiger partial charge on any atom is -0.297 e. The average Bonchev–Trinajstić information content (AvgIpc) is 2.86. The van der Waals surface area contributed by atoms with E-state index >= 15 is 0 Å². The molecule has 4 fully saturated rings. The van der Waals surface area contributed by atoms with Crippen molar-refractivity contribution in [1.82, 2.24) is 9.80 Å². The van der Waals surface area contributed by atoms with Gasteiger partial charge in [-0.3, -0.25) is 9.80 Å². The molecule has 0 aromatic heterocycles. The summed E-state index contributed by atoms with van der Waals surface area (Å²) in [5, 5.41) is 0. The largest absolute Gasteiger partial charge is 0.297 e. The molecule has 4 saturated carbocycles. The smallest absolute Gasteiger partial charge is 0.00985 e. The molecule has 180 valence electrons. The topological polar surface area (TPSA) is 6.48 Å². The normalized spacial score (nSPS) is 26.1. The molecule has 0 saturated heterocycles. The van der Waals surface area contributed by atoms with Crippen LogP contribution in [0.15, 0.2) is 0 Å². The molecule has 0 unspecified atom stereocenters. The van der Waals surface area contributed by atoms with Crippen molar-refractivity contribution in [3.8, 4) is 0 Å². The zero-order valence-electron chi connectivity index (χ0n) is 20.6. The van der Waals surface area contributed by atoms with Crippen LogP contribution < -0.4 is 0 Å². The van der Waals surface area contributed by atoms with Crippen molar-refractivity contribution in [3.63, 3.8) is 0 Å². The fourth-order valence-electron chi connectivity index (χ4n) is 7.42. The lowest BCUT2D eigenvalue weighted by molar-refractivity contribution is 0.0868. The minimum absolute atomic E-state index is 0.915. The van der Waals surface area contributed by atoms with Crippen LogP contribution >= 0.6 is 11.8 Å². The first-order chi connectivity index (χ1) is 15.4. The van der Waals surface area contributed by atoms with Gasteiger partial charge in [0, 0.05) is 48.8 Å². The fraction of sp³-hybridized carbons (Fsp3) is 1.00. The SMILES string of the molecule is C1CCC(N(CCSCCN(C2CCCCC2)C2CCCCC2)C2CCCCC2)CC1. The van der Waals surface area contributed by atoms with Crippen LogP contribution in [0.5, 0.6) is 0 Å². The highest BCUT2D eigenvalue weighted by atomic mass is 32.2. The van der Waals surface area contributed by atoms with Gasteiger partial charge in [-0.1, -0.05) is 77.0 Å². The molecule has 0 amide bonds. The number of hydrogen-bond donors (Lipinski definition) is 0. The molecule has 0 radical (unpaired) electrons. The van der Waals surface area contributed by atoms with Crippen molar-refractivity contribution in [2.24, 2.45) is 0 Å². The Morgan fingerprint density at radius 2 is 0.645 bits per heavy atom. The Kier molecular flexibility index (Phi) is 10.9. The van der Waals surface area contributed by atoms with Gasteiger partial charge in [0.2, 0.25) is 0 Å². The van der Waals surface area contributed by atoms with Crippen molar-refractivity contribution in [3.05, 3.63) is 0 Å². The lowest BCUT2D eigenvalue weighted by Crippen LogP contribution is -2.47. The van der Waals surface area contributed by atoms with Gasteiger partial charge in [0.15, 0.2) is 0 Å². The predicted molar refractivity (Wildman–Crippen MR) is 138 cm³/mol. The first-order valence-corrected chi connectivity index (χ1v) is 15.7. The molecule has 0 aromatic rings. The Morgan fingerprint density at radius 1 is 0.387 bits per heavy atom. The van der Waals surface area contributed by atoms with E-state index in [2.05, 4.69) is 21.6 Å². The van der Waals surface area contributed by atoms with Crippen molar-refractivity contribution >= 4 is 11.8 Å². The van der Waals surface area contributed by atoms with Crippen LogP contribution in [-0.2, 0) is 0 Å². The average molecular weight is 449 g/mol. The third-order valence-corrected chi connectivity index (χ3v) is 10.1. The van der Waals surface area contributed by atoms with Crippen molar-refractivity contribution in [2.75, 3.05) is 24.6 Å². The van der Waals surface area contributed by atoms with Gasteiger partial charge in [-0.05, 0) is 51.4 Å². The molecule has 4 aliphatic carbocycles. The minimum atomic E-state index is 0.915. The summed E-state index contributed by atoms with van der Waals surface area (Å²) in [6.45, 7) is 2.74. The van der Waals surface area contributed by atoms with Crippen LogP contribution in [0.3, 0.4) is 0 Å². The van der Waals surface area contributed by atoms with Crippen LogP contribution in [0.25, 0.3) is 0 Å². The Labute approximate surface area is 198 Å². The Balaban J connectivity index is 1.23. The maximum absolute atomic E-state index is 3.02. The summed E-state index contributed by atoms with van der Waals surface area (Å²) >= 11 is 2.28. The van der Waals surface area contributed by atoms with Gasteiger partial charge in [-0.2, -0.15) is 11.8 Å². The molecule has 3 heteroatoms. The summed E-state index contributed by atoms with van der Waals surface area (Å²) in [5.74, 6) is 2.74. The molecule has 4 aliphatic rings. The monoisotopic (exact) mass is 448 g/mol. The molecule has 0 heterocycles. The summed E-state index contributed by atoms with van der Waals surface area (Å²) in [5.41, 5.74) is 0. The van der Waals surface area contributed by atoms with Crippen molar-refractivity contribution < 1.29 is 0 Å². The number of rotatable bonds is 10. The van der Waals surface area contributed by atoms with E-state index < -0.39 is 0 Å². The second kappa shape index (κ2) is 13.9. The van der Waals surface area contributed by atoms with Crippen LogP contribution in [0.2, 0.25) is 0 Å². The molecule has 2 nitrogen and oxygen atoms in total. The molecule has 31 heavy (non-hydrogen) atoms. The highest BCUT2D eigenvalue weighted by Gasteiger charge is 2.30. The van der Waals surface area contributed by atoms with E-state index in [1.54, 1.807) is 0 Å². The van der Waals surface area contributed by atoms with Gasteiger partial charge in [0.25, 0.3) is 0 Å². The van der Waals surface area contributed by atoms with E-state index in [0.717, 1.165) is 24.2 Å². The second-order valence-electron chi connectivity index (χ2n) is 11.3. The molecule has 0 spiro atoms. The lowest BCUT2D eigenvalue weighted by atomic mass is 9.89. The van der Waals surface area contributed by atoms with Crippen LogP contribution in [-0.4, -0.2) is 58.6 Å². The second-order valence-corrected chi connectivity index (χ2v) is 12.5. The highest BCUT2D eigenvalue weighted by Crippen LogP contribution is 2.32. The molecular weight excluding hydrogens is 396 g/mol. The first-order valence-electron chi connectivity index (χ1n) is 14.5. The standard InChI is InChI=1S/C28H52N2S/c1-5-13-25(14-6-1)29(26-15-7-2-8-16-26)21-23-31-24-22-30(27-17-9-3-10-18-27)28-19-11-4-12-20-28/h25-28H,1-24H2. The van der Waals surface area contributed by atoms with E-state index in [4.69, 9.17) is 0 Å². The van der Waals surface area contributed by atoms with Gasteiger partial charge in [-0.15, -0.1) is 0 Å². The summed E-state index contributed by atoms with van der Waals surface area (Å²) in [6, 6.07) is 3.66. The Morgan fingerprint density at radius 3 is 0.903 bits per heavy atom. The molecule has 0 aromatic carbocycles. The van der Waals surface area contributed by atoms with Gasteiger partial charge in [0.05, 0.1) is 0 Å². The first kappa shape index (κ1) is 24.4. The number of thioether (sulfide) groups is 1. The lowest BCUT2D eigenvalue weighted by Gasteiger charge is -2.42. The van der Waals surface area contributed by atoms with Crippen molar-refractivity contribution in [2.45, 2.75) is 153 Å². The Bertz CT molecular complexity index is 382. The van der Waals surface area contributed by atoms with E-state index in [1.807, 2.05) is 0 Å². The zero-order chi connectivity index (χ0) is 21.1. The Hall–Kier alpha value is 0.270. The fourth-order valence-corrected chi connectivity index (χ4v) is 8.30. The van der Waals surface area contributed by atoms with E-state index in [1.165, 1.54) is 153 Å². The molecule has 4 rings (SSSR count). The predicted octanol–water partition coefficient (Wildman–Crippen LogP) is 7.65. The summed E-state index contributed by atoms with van der Waals surface area (Å²) in [7, 11) is 0. The molecule has 0 aliphatic heterocycles. The number of nitrogens with zero attached hydrogens (tertiary/aromatic N) is 2. The summed E-state index contributed by atoms with van der Waals surface area (Å²) in [4.78, 5) is 6.04. The summed E-state index contributed by atoms with van der Waals surface area (Å²) < 4.78 is 0.